The monoisotopic (exact) mass is 804 g/mol. The highest BCUT2D eigenvalue weighted by molar-refractivity contribution is 6.10. The molecule has 0 aliphatic heterocycles. The molecule has 0 fully saturated rings. The zero-order valence-corrected chi connectivity index (χ0v) is 34.7. The van der Waals surface area contributed by atoms with E-state index in [-0.39, 0.29) is 5.41 Å². The molecule has 1 atom stereocenters. The van der Waals surface area contributed by atoms with Gasteiger partial charge in [0.1, 0.15) is 11.2 Å². The zero-order valence-electron chi connectivity index (χ0n) is 34.7. The molecule has 63 heavy (non-hydrogen) atoms. The van der Waals surface area contributed by atoms with Gasteiger partial charge in [-0.2, -0.15) is 0 Å². The number of rotatable bonds is 7. The number of hydrogen-bond acceptors (Lipinski definition) is 3. The molecule has 2 aromatic heterocycles. The van der Waals surface area contributed by atoms with E-state index >= 15 is 0 Å². The van der Waals surface area contributed by atoms with Gasteiger partial charge in [-0.25, -0.2) is 9.97 Å². The van der Waals surface area contributed by atoms with Gasteiger partial charge in [0.05, 0.1) is 11.4 Å². The fourth-order valence-electron chi connectivity index (χ4n) is 9.84. The van der Waals surface area contributed by atoms with E-state index in [1.807, 2.05) is 30.3 Å². The fraction of sp³-hybridized carbons (Fsp3) is 0.0333. The first-order valence-corrected chi connectivity index (χ1v) is 21.6. The normalized spacial score (nSPS) is 14.2. The molecule has 1 unspecified atom stereocenters. The number of nitrogens with zero attached hydrogens (tertiary/aromatic N) is 2. The van der Waals surface area contributed by atoms with Gasteiger partial charge in [-0.05, 0) is 99.0 Å². The van der Waals surface area contributed by atoms with E-state index in [1.54, 1.807) is 0 Å². The quantitative estimate of drug-likeness (QED) is 0.161. The van der Waals surface area contributed by atoms with Gasteiger partial charge in [0.25, 0.3) is 0 Å². The molecule has 2 heterocycles. The number of fused-ring (bicyclic) bond motifs is 6. The van der Waals surface area contributed by atoms with E-state index in [0.717, 1.165) is 83.4 Å². The Morgan fingerprint density at radius 2 is 0.921 bits per heavy atom. The van der Waals surface area contributed by atoms with Crippen LogP contribution in [0, 0.1) is 0 Å². The summed E-state index contributed by atoms with van der Waals surface area (Å²) in [4.78, 5) is 10.7. The van der Waals surface area contributed by atoms with Gasteiger partial charge < -0.3 is 4.42 Å². The highest BCUT2D eigenvalue weighted by atomic mass is 16.3. The highest BCUT2D eigenvalue weighted by Gasteiger charge is 2.40. The summed E-state index contributed by atoms with van der Waals surface area (Å²) in [5.41, 5.74) is 19.2. The van der Waals surface area contributed by atoms with Crippen LogP contribution in [0.15, 0.2) is 229 Å². The molecule has 3 nitrogen and oxygen atoms in total. The van der Waals surface area contributed by atoms with Crippen LogP contribution < -0.4 is 0 Å². The molecule has 296 valence electrons. The Morgan fingerprint density at radius 1 is 0.349 bits per heavy atom. The van der Waals surface area contributed by atoms with Gasteiger partial charge in [-0.3, -0.25) is 0 Å². The molecular weight excluding hydrogens is 765 g/mol. The first kappa shape index (κ1) is 36.7. The van der Waals surface area contributed by atoms with Crippen molar-refractivity contribution in [3.8, 4) is 78.4 Å². The summed E-state index contributed by atoms with van der Waals surface area (Å²) < 4.78 is 6.58. The summed E-state index contributed by atoms with van der Waals surface area (Å²) in [6, 6.07) is 80.0. The smallest absolute Gasteiger partial charge is 0.160 e. The Labute approximate surface area is 366 Å². The summed E-state index contributed by atoms with van der Waals surface area (Å²) in [7, 11) is 0. The number of hydrogen-bond donors (Lipinski definition) is 0. The van der Waals surface area contributed by atoms with Crippen LogP contribution in [0.2, 0.25) is 0 Å². The molecule has 11 aromatic rings. The SMILES string of the molecule is CC1(c2ccccc2)c2ccccc2-c2ccc(-c3cc(-c4ccccc4)cc(-c4cc(-c5ccccc5-c5cccc6c5oc5ccccc56)nc(-c5ccccc5)n4)c3)cc21. The molecule has 0 N–H and O–H groups in total. The average molecular weight is 805 g/mol. The Hall–Kier alpha value is -8.14. The topological polar surface area (TPSA) is 38.9 Å². The third-order valence-corrected chi connectivity index (χ3v) is 13.0. The minimum absolute atomic E-state index is 0.310. The van der Waals surface area contributed by atoms with Crippen LogP contribution in [0.4, 0.5) is 0 Å². The summed E-state index contributed by atoms with van der Waals surface area (Å²) in [5, 5.41) is 2.20. The van der Waals surface area contributed by atoms with E-state index < -0.39 is 0 Å². The standard InChI is InChI=1S/C60H40N2O/c1-60(45-22-9-4-10-23-45)53-30-15-13-25-47(53)48-33-32-41(37-54(48)60)43-34-42(39-18-5-2-6-19-39)35-44(36-43)55-38-56(62-59(61-55)40-20-7-3-8-21-40)49-26-12-11-24-46(49)51-28-17-29-52-50-27-14-16-31-57(50)63-58(51)52/h2-38H,1H3. The molecule has 12 rings (SSSR count). The molecule has 9 aromatic carbocycles. The second kappa shape index (κ2) is 14.8. The number of benzene rings is 9. The summed E-state index contributed by atoms with van der Waals surface area (Å²) >= 11 is 0. The van der Waals surface area contributed by atoms with Crippen LogP contribution in [-0.4, -0.2) is 9.97 Å². The predicted octanol–water partition coefficient (Wildman–Crippen LogP) is 15.7. The maximum Gasteiger partial charge on any atom is 0.160 e. The Bertz CT molecular complexity index is 3520. The Morgan fingerprint density at radius 3 is 1.71 bits per heavy atom. The van der Waals surface area contributed by atoms with Gasteiger partial charge in [0, 0.05) is 38.4 Å². The molecule has 0 radical (unpaired) electrons. The van der Waals surface area contributed by atoms with Crippen molar-refractivity contribution in [2.45, 2.75) is 12.3 Å². The van der Waals surface area contributed by atoms with Crippen LogP contribution in [0.5, 0.6) is 0 Å². The maximum atomic E-state index is 6.58. The van der Waals surface area contributed by atoms with E-state index in [2.05, 4.69) is 201 Å². The second-order valence-corrected chi connectivity index (χ2v) is 16.6. The number of para-hydroxylation sites is 2. The van der Waals surface area contributed by atoms with E-state index in [0.29, 0.717) is 5.82 Å². The molecule has 0 bridgehead atoms. The molecule has 0 saturated heterocycles. The minimum atomic E-state index is -0.310. The largest absolute Gasteiger partial charge is 0.455 e. The highest BCUT2D eigenvalue weighted by Crippen LogP contribution is 2.53. The Kier molecular flexibility index (Phi) is 8.62. The van der Waals surface area contributed by atoms with Crippen LogP contribution in [-0.2, 0) is 5.41 Å². The summed E-state index contributed by atoms with van der Waals surface area (Å²) in [6.07, 6.45) is 0. The van der Waals surface area contributed by atoms with Crippen molar-refractivity contribution in [1.82, 2.24) is 9.97 Å². The van der Waals surface area contributed by atoms with Gasteiger partial charge in [-0.1, -0.05) is 188 Å². The molecule has 0 amide bonds. The first-order valence-electron chi connectivity index (χ1n) is 21.6. The van der Waals surface area contributed by atoms with Crippen molar-refractivity contribution in [2.24, 2.45) is 0 Å². The van der Waals surface area contributed by atoms with E-state index in [9.17, 15) is 0 Å². The lowest BCUT2D eigenvalue weighted by atomic mass is 9.74. The maximum absolute atomic E-state index is 6.58. The van der Waals surface area contributed by atoms with Crippen LogP contribution >= 0.6 is 0 Å². The fourth-order valence-corrected chi connectivity index (χ4v) is 9.84. The third-order valence-electron chi connectivity index (χ3n) is 13.0. The molecular formula is C60H40N2O. The summed E-state index contributed by atoms with van der Waals surface area (Å²) in [6.45, 7) is 2.38. The number of furan rings is 1. The van der Waals surface area contributed by atoms with Crippen molar-refractivity contribution >= 4 is 21.9 Å². The van der Waals surface area contributed by atoms with Crippen molar-refractivity contribution in [1.29, 1.82) is 0 Å². The third kappa shape index (κ3) is 6.12. The molecule has 1 aliphatic carbocycles. The minimum Gasteiger partial charge on any atom is -0.455 e. The van der Waals surface area contributed by atoms with Crippen LogP contribution in [0.25, 0.3) is 100 Å². The second-order valence-electron chi connectivity index (χ2n) is 16.6. The molecule has 0 saturated carbocycles. The summed E-state index contributed by atoms with van der Waals surface area (Å²) in [5.74, 6) is 0.667. The number of aromatic nitrogens is 2. The van der Waals surface area contributed by atoms with Gasteiger partial charge in [-0.15, -0.1) is 0 Å². The van der Waals surface area contributed by atoms with Gasteiger partial charge in [0.2, 0.25) is 0 Å². The van der Waals surface area contributed by atoms with Crippen molar-refractivity contribution < 1.29 is 4.42 Å². The molecule has 1 aliphatic rings. The first-order chi connectivity index (χ1) is 31.1. The Balaban J connectivity index is 1.06. The van der Waals surface area contributed by atoms with Crippen LogP contribution in [0.1, 0.15) is 23.6 Å². The molecule has 0 spiro atoms. The van der Waals surface area contributed by atoms with Gasteiger partial charge in [0.15, 0.2) is 5.82 Å². The van der Waals surface area contributed by atoms with E-state index in [4.69, 9.17) is 14.4 Å². The van der Waals surface area contributed by atoms with Gasteiger partial charge >= 0.3 is 0 Å². The average Bonchev–Trinajstić information content (AvgIpc) is 3.87. The van der Waals surface area contributed by atoms with Crippen LogP contribution in [0.3, 0.4) is 0 Å². The van der Waals surface area contributed by atoms with E-state index in [1.165, 1.54) is 27.8 Å². The molecule has 3 heteroatoms. The lowest BCUT2D eigenvalue weighted by molar-refractivity contribution is 0.670. The predicted molar refractivity (Wildman–Crippen MR) is 259 cm³/mol. The van der Waals surface area contributed by atoms with Crippen molar-refractivity contribution in [2.75, 3.05) is 0 Å². The van der Waals surface area contributed by atoms with Crippen molar-refractivity contribution in [3.63, 3.8) is 0 Å². The zero-order chi connectivity index (χ0) is 41.9. The van der Waals surface area contributed by atoms with Crippen molar-refractivity contribution in [3.05, 3.63) is 241 Å². The lowest BCUT2D eigenvalue weighted by Crippen LogP contribution is -2.22. The lowest BCUT2D eigenvalue weighted by Gasteiger charge is -2.28.